The third-order valence-corrected chi connectivity index (χ3v) is 3.77. The number of nitrogens with one attached hydrogen (secondary N) is 2. The molecule has 1 saturated carbocycles. The third-order valence-electron chi connectivity index (χ3n) is 3.12. The molecule has 0 bridgehead atoms. The second-order valence-corrected chi connectivity index (χ2v) is 5.80. The molecule has 0 spiro atoms. The molecule has 1 aliphatic carbocycles. The van der Waals surface area contributed by atoms with Crippen molar-refractivity contribution in [2.24, 2.45) is 0 Å². The fraction of sp³-hybridized carbons (Fsp3) is 0.467. The van der Waals surface area contributed by atoms with E-state index in [9.17, 15) is 9.59 Å². The first kappa shape index (κ1) is 16.0. The summed E-state index contributed by atoms with van der Waals surface area (Å²) in [6.07, 6.45) is 2.85. The van der Waals surface area contributed by atoms with Crippen LogP contribution in [0.1, 0.15) is 36.5 Å². The Labute approximate surface area is 132 Å². The molecular weight excluding hydrogens is 336 g/mol. The number of anilines is 1. The number of hydrogen-bond donors (Lipinski definition) is 2. The number of carbonyl (C=O) groups is 2. The molecular formula is C15H19BrN2O3. The summed E-state index contributed by atoms with van der Waals surface area (Å²) in [6.45, 7) is 2.79. The number of benzene rings is 1. The van der Waals surface area contributed by atoms with Gasteiger partial charge in [0.1, 0.15) is 0 Å². The molecule has 0 aromatic heterocycles. The Morgan fingerprint density at radius 2 is 2.14 bits per heavy atom. The molecule has 1 aliphatic rings. The molecule has 21 heavy (non-hydrogen) atoms. The molecule has 0 saturated heterocycles. The predicted molar refractivity (Wildman–Crippen MR) is 84.4 cm³/mol. The topological polar surface area (TPSA) is 67.4 Å². The number of hydrogen-bond acceptors (Lipinski definition) is 4. The summed E-state index contributed by atoms with van der Waals surface area (Å²) in [7, 11) is 0. The second-order valence-electron chi connectivity index (χ2n) is 4.94. The Morgan fingerprint density at radius 3 is 2.76 bits per heavy atom. The van der Waals surface area contributed by atoms with Crippen LogP contribution in [0.4, 0.5) is 5.69 Å². The van der Waals surface area contributed by atoms with Crippen molar-refractivity contribution in [3.05, 3.63) is 28.2 Å². The van der Waals surface area contributed by atoms with Crippen molar-refractivity contribution in [2.45, 2.75) is 32.2 Å². The summed E-state index contributed by atoms with van der Waals surface area (Å²) in [5.74, 6) is -0.419. The Balaban J connectivity index is 1.87. The van der Waals surface area contributed by atoms with Gasteiger partial charge in [0.05, 0.1) is 17.9 Å². The highest BCUT2D eigenvalue weighted by molar-refractivity contribution is 9.10. The molecule has 0 heterocycles. The van der Waals surface area contributed by atoms with Crippen LogP contribution >= 0.6 is 15.9 Å². The first-order valence-corrected chi connectivity index (χ1v) is 7.89. The maximum atomic E-state index is 11.8. The first-order valence-electron chi connectivity index (χ1n) is 7.10. The quantitative estimate of drug-likeness (QED) is 0.738. The Hall–Kier alpha value is -1.40. The van der Waals surface area contributed by atoms with Crippen LogP contribution in [-0.4, -0.2) is 31.1 Å². The van der Waals surface area contributed by atoms with Crippen molar-refractivity contribution < 1.29 is 14.3 Å². The van der Waals surface area contributed by atoms with Crippen LogP contribution in [0.2, 0.25) is 0 Å². The van der Waals surface area contributed by atoms with Crippen molar-refractivity contribution in [2.75, 3.05) is 18.5 Å². The number of ether oxygens (including phenoxy) is 1. The second kappa shape index (κ2) is 7.56. The highest BCUT2D eigenvalue weighted by atomic mass is 79.9. The highest BCUT2D eigenvalue weighted by Crippen LogP contribution is 2.24. The Kier molecular flexibility index (Phi) is 5.76. The fourth-order valence-electron chi connectivity index (χ4n) is 1.85. The van der Waals surface area contributed by atoms with Gasteiger partial charge in [0.15, 0.2) is 0 Å². The number of esters is 1. The van der Waals surface area contributed by atoms with Crippen molar-refractivity contribution in [3.63, 3.8) is 0 Å². The van der Waals surface area contributed by atoms with E-state index in [1.807, 2.05) is 0 Å². The lowest BCUT2D eigenvalue weighted by atomic mass is 10.2. The summed E-state index contributed by atoms with van der Waals surface area (Å²) < 4.78 is 5.59. The third kappa shape index (κ3) is 5.13. The molecule has 1 fully saturated rings. The van der Waals surface area contributed by atoms with E-state index in [0.717, 1.165) is 0 Å². The van der Waals surface area contributed by atoms with Gasteiger partial charge in [0, 0.05) is 23.5 Å². The van der Waals surface area contributed by atoms with E-state index in [-0.39, 0.29) is 11.9 Å². The van der Waals surface area contributed by atoms with Gasteiger partial charge in [-0.15, -0.1) is 0 Å². The van der Waals surface area contributed by atoms with Crippen molar-refractivity contribution in [1.29, 1.82) is 0 Å². The van der Waals surface area contributed by atoms with Crippen LogP contribution in [0, 0.1) is 0 Å². The largest absolute Gasteiger partial charge is 0.462 e. The molecule has 2 rings (SSSR count). The van der Waals surface area contributed by atoms with Crippen molar-refractivity contribution in [3.8, 4) is 0 Å². The Bertz CT molecular complexity index is 530. The lowest BCUT2D eigenvalue weighted by molar-refractivity contribution is -0.116. The molecule has 5 nitrogen and oxygen atoms in total. The van der Waals surface area contributed by atoms with E-state index in [0.29, 0.717) is 41.3 Å². The summed E-state index contributed by atoms with van der Waals surface area (Å²) >= 11 is 3.36. The fourth-order valence-corrected chi connectivity index (χ4v) is 2.33. The molecule has 1 amide bonds. The molecule has 114 valence electrons. The van der Waals surface area contributed by atoms with Gasteiger partial charge in [-0.1, -0.05) is 0 Å². The van der Waals surface area contributed by atoms with Gasteiger partial charge in [0.2, 0.25) is 5.91 Å². The predicted octanol–water partition coefficient (Wildman–Crippen LogP) is 2.71. The van der Waals surface area contributed by atoms with Crippen LogP contribution < -0.4 is 10.6 Å². The summed E-state index contributed by atoms with van der Waals surface area (Å²) in [5, 5.41) is 6.12. The molecule has 1 aromatic carbocycles. The molecule has 1 aromatic rings. The van der Waals surface area contributed by atoms with Gasteiger partial charge in [-0.3, -0.25) is 4.79 Å². The normalized spacial score (nSPS) is 13.8. The average molecular weight is 355 g/mol. The van der Waals surface area contributed by atoms with Crippen LogP contribution in [0.5, 0.6) is 0 Å². The SMILES string of the molecule is CCOC(=O)c1ccc(NC(=O)CCNC2CC2)c(Br)c1. The van der Waals surface area contributed by atoms with Crippen molar-refractivity contribution >= 4 is 33.5 Å². The minimum atomic E-state index is -0.371. The Morgan fingerprint density at radius 1 is 1.38 bits per heavy atom. The maximum Gasteiger partial charge on any atom is 0.338 e. The van der Waals surface area contributed by atoms with Gasteiger partial charge in [-0.05, 0) is 53.9 Å². The van der Waals surface area contributed by atoms with E-state index >= 15 is 0 Å². The zero-order valence-electron chi connectivity index (χ0n) is 11.9. The van der Waals surface area contributed by atoms with Crippen LogP contribution in [0.15, 0.2) is 22.7 Å². The highest BCUT2D eigenvalue weighted by Gasteiger charge is 2.20. The standard InChI is InChI=1S/C15H19BrN2O3/c1-2-21-15(20)10-3-6-13(12(16)9-10)18-14(19)7-8-17-11-4-5-11/h3,6,9,11,17H,2,4-5,7-8H2,1H3,(H,18,19). The lowest BCUT2D eigenvalue weighted by Gasteiger charge is -2.09. The molecule has 0 radical (unpaired) electrons. The maximum absolute atomic E-state index is 11.8. The minimum Gasteiger partial charge on any atom is -0.462 e. The van der Waals surface area contributed by atoms with Gasteiger partial charge in [-0.25, -0.2) is 4.79 Å². The zero-order valence-corrected chi connectivity index (χ0v) is 13.5. The summed E-state index contributed by atoms with van der Waals surface area (Å²) in [5.41, 5.74) is 1.11. The van der Waals surface area contributed by atoms with Gasteiger partial charge in [0.25, 0.3) is 0 Å². The minimum absolute atomic E-state index is 0.0484. The van der Waals surface area contributed by atoms with E-state index in [4.69, 9.17) is 4.74 Å². The molecule has 0 atom stereocenters. The number of carbonyl (C=O) groups excluding carboxylic acids is 2. The van der Waals surface area contributed by atoms with E-state index in [2.05, 4.69) is 26.6 Å². The van der Waals surface area contributed by atoms with Gasteiger partial charge >= 0.3 is 5.97 Å². The summed E-state index contributed by atoms with van der Waals surface area (Å²) in [6, 6.07) is 5.59. The van der Waals surface area contributed by atoms with E-state index in [1.165, 1.54) is 12.8 Å². The molecule has 2 N–H and O–H groups in total. The van der Waals surface area contributed by atoms with Crippen LogP contribution in [-0.2, 0) is 9.53 Å². The van der Waals surface area contributed by atoms with E-state index in [1.54, 1.807) is 25.1 Å². The van der Waals surface area contributed by atoms with Gasteiger partial charge < -0.3 is 15.4 Å². The van der Waals surface area contributed by atoms with Crippen LogP contribution in [0.3, 0.4) is 0 Å². The monoisotopic (exact) mass is 354 g/mol. The van der Waals surface area contributed by atoms with Crippen molar-refractivity contribution in [1.82, 2.24) is 5.32 Å². The molecule has 0 aliphatic heterocycles. The number of rotatable bonds is 7. The number of halogens is 1. The molecule has 6 heteroatoms. The van der Waals surface area contributed by atoms with Gasteiger partial charge in [-0.2, -0.15) is 0 Å². The first-order chi connectivity index (χ1) is 10.1. The van der Waals surface area contributed by atoms with Crippen LogP contribution in [0.25, 0.3) is 0 Å². The molecule has 0 unspecified atom stereocenters. The smallest absolute Gasteiger partial charge is 0.338 e. The summed E-state index contributed by atoms with van der Waals surface area (Å²) in [4.78, 5) is 23.4. The zero-order chi connectivity index (χ0) is 15.2. The average Bonchev–Trinajstić information content (AvgIpc) is 3.25. The number of amides is 1. The lowest BCUT2D eigenvalue weighted by Crippen LogP contribution is -2.23. The van der Waals surface area contributed by atoms with E-state index < -0.39 is 0 Å².